The third-order valence-corrected chi connectivity index (χ3v) is 2.76. The summed E-state index contributed by atoms with van der Waals surface area (Å²) in [6.45, 7) is 8.96. The SMILES string of the molecule is CC.CCCCNCc1ccc(COSC)cc1. The molecule has 18 heavy (non-hydrogen) atoms. The monoisotopic (exact) mass is 269 g/mol. The van der Waals surface area contributed by atoms with E-state index in [1.807, 2.05) is 20.1 Å². The minimum atomic E-state index is 0.685. The largest absolute Gasteiger partial charge is 0.313 e. The molecule has 0 radical (unpaired) electrons. The highest BCUT2D eigenvalue weighted by Gasteiger charge is 1.95. The van der Waals surface area contributed by atoms with Gasteiger partial charge in [0.05, 0.1) is 6.61 Å². The Hall–Kier alpha value is -0.510. The van der Waals surface area contributed by atoms with Gasteiger partial charge >= 0.3 is 0 Å². The number of hydrogen-bond donors (Lipinski definition) is 1. The van der Waals surface area contributed by atoms with Crippen LogP contribution in [0.3, 0.4) is 0 Å². The van der Waals surface area contributed by atoms with E-state index in [-0.39, 0.29) is 0 Å². The van der Waals surface area contributed by atoms with Gasteiger partial charge in [0, 0.05) is 12.8 Å². The van der Waals surface area contributed by atoms with Crippen molar-refractivity contribution in [3.05, 3.63) is 35.4 Å². The molecule has 0 aliphatic rings. The molecule has 3 heteroatoms. The van der Waals surface area contributed by atoms with E-state index in [2.05, 4.69) is 36.5 Å². The van der Waals surface area contributed by atoms with Gasteiger partial charge < -0.3 is 9.50 Å². The molecule has 0 spiro atoms. The van der Waals surface area contributed by atoms with Crippen LogP contribution < -0.4 is 5.32 Å². The number of nitrogens with one attached hydrogen (secondary N) is 1. The molecule has 1 rings (SSSR count). The van der Waals surface area contributed by atoms with Gasteiger partial charge in [0.1, 0.15) is 0 Å². The van der Waals surface area contributed by atoms with Crippen LogP contribution in [0.4, 0.5) is 0 Å². The van der Waals surface area contributed by atoms with Crippen molar-refractivity contribution in [2.24, 2.45) is 0 Å². The zero-order valence-electron chi connectivity index (χ0n) is 12.2. The van der Waals surface area contributed by atoms with Gasteiger partial charge in [-0.1, -0.05) is 51.5 Å². The first kappa shape index (κ1) is 17.5. The van der Waals surface area contributed by atoms with E-state index in [1.165, 1.54) is 36.0 Å². The fraction of sp³-hybridized carbons (Fsp3) is 0.600. The molecule has 0 bridgehead atoms. The molecular formula is C15H27NOS. The average Bonchev–Trinajstić information content (AvgIpc) is 2.45. The van der Waals surface area contributed by atoms with Crippen LogP contribution in [-0.4, -0.2) is 12.8 Å². The van der Waals surface area contributed by atoms with Crippen molar-refractivity contribution < 1.29 is 4.18 Å². The van der Waals surface area contributed by atoms with Gasteiger partial charge in [0.15, 0.2) is 0 Å². The molecule has 2 nitrogen and oxygen atoms in total. The second kappa shape index (κ2) is 12.9. The molecule has 1 aromatic rings. The van der Waals surface area contributed by atoms with Gasteiger partial charge in [0.25, 0.3) is 0 Å². The Bertz CT molecular complexity index is 274. The Balaban J connectivity index is 0.00000137. The summed E-state index contributed by atoms with van der Waals surface area (Å²) in [4.78, 5) is 0. The fourth-order valence-electron chi connectivity index (χ4n) is 1.41. The number of hydrogen-bond acceptors (Lipinski definition) is 3. The van der Waals surface area contributed by atoms with Crippen molar-refractivity contribution in [1.29, 1.82) is 0 Å². The molecule has 0 saturated heterocycles. The Kier molecular flexibility index (Phi) is 12.6. The highest BCUT2D eigenvalue weighted by atomic mass is 32.2. The van der Waals surface area contributed by atoms with Crippen LogP contribution in [0.1, 0.15) is 44.7 Å². The van der Waals surface area contributed by atoms with E-state index in [0.717, 1.165) is 13.1 Å². The summed E-state index contributed by atoms with van der Waals surface area (Å²) in [6.07, 6.45) is 4.43. The lowest BCUT2D eigenvalue weighted by Gasteiger charge is -2.05. The highest BCUT2D eigenvalue weighted by molar-refractivity contribution is 7.93. The lowest BCUT2D eigenvalue weighted by Crippen LogP contribution is -2.14. The van der Waals surface area contributed by atoms with Gasteiger partial charge in [-0.25, -0.2) is 0 Å². The third-order valence-electron chi connectivity index (χ3n) is 2.40. The standard InChI is InChI=1S/C13H21NOS.C2H6/c1-3-4-9-14-10-12-5-7-13(8-6-12)11-15-16-2;1-2/h5-8,14H,3-4,9-11H2,1-2H3;1-2H3. The van der Waals surface area contributed by atoms with Crippen molar-refractivity contribution in [3.8, 4) is 0 Å². The number of unbranched alkanes of at least 4 members (excludes halogenated alkanes) is 1. The quantitative estimate of drug-likeness (QED) is 0.558. The zero-order valence-corrected chi connectivity index (χ0v) is 13.0. The molecule has 0 atom stereocenters. The Morgan fingerprint density at radius 1 is 1.11 bits per heavy atom. The van der Waals surface area contributed by atoms with Gasteiger partial charge in [-0.05, 0) is 36.1 Å². The van der Waals surface area contributed by atoms with Gasteiger partial charge in [-0.15, -0.1) is 0 Å². The maximum absolute atomic E-state index is 5.27. The lowest BCUT2D eigenvalue weighted by atomic mass is 10.1. The average molecular weight is 269 g/mol. The molecule has 0 aliphatic carbocycles. The Morgan fingerprint density at radius 3 is 2.28 bits per heavy atom. The molecule has 104 valence electrons. The van der Waals surface area contributed by atoms with E-state index < -0.39 is 0 Å². The van der Waals surface area contributed by atoms with Crippen molar-refractivity contribution in [3.63, 3.8) is 0 Å². The molecule has 1 N–H and O–H groups in total. The second-order valence-electron chi connectivity index (χ2n) is 3.78. The fourth-order valence-corrected chi connectivity index (χ4v) is 1.67. The van der Waals surface area contributed by atoms with E-state index >= 15 is 0 Å². The molecule has 0 saturated carbocycles. The van der Waals surface area contributed by atoms with Crippen molar-refractivity contribution in [2.45, 2.75) is 46.8 Å². The van der Waals surface area contributed by atoms with Crippen LogP contribution in [0.15, 0.2) is 24.3 Å². The summed E-state index contributed by atoms with van der Waals surface area (Å²) >= 11 is 1.41. The van der Waals surface area contributed by atoms with Gasteiger partial charge in [-0.2, -0.15) is 0 Å². The smallest absolute Gasteiger partial charge is 0.0864 e. The summed E-state index contributed by atoms with van der Waals surface area (Å²) in [7, 11) is 0. The first-order valence-corrected chi connectivity index (χ1v) is 7.96. The van der Waals surface area contributed by atoms with Crippen LogP contribution in [0.2, 0.25) is 0 Å². The van der Waals surface area contributed by atoms with E-state index in [1.54, 1.807) is 0 Å². The minimum Gasteiger partial charge on any atom is -0.313 e. The maximum Gasteiger partial charge on any atom is 0.0864 e. The van der Waals surface area contributed by atoms with Crippen molar-refractivity contribution >= 4 is 12.0 Å². The minimum absolute atomic E-state index is 0.685. The van der Waals surface area contributed by atoms with Crippen LogP contribution in [0, 0.1) is 0 Å². The van der Waals surface area contributed by atoms with Crippen molar-refractivity contribution in [2.75, 3.05) is 12.8 Å². The first-order valence-electron chi connectivity index (χ1n) is 6.81. The van der Waals surface area contributed by atoms with Crippen molar-refractivity contribution in [1.82, 2.24) is 5.32 Å². The molecule has 0 heterocycles. The van der Waals surface area contributed by atoms with Crippen LogP contribution in [-0.2, 0) is 17.3 Å². The molecule has 0 fully saturated rings. The molecule has 1 aromatic carbocycles. The normalized spacial score (nSPS) is 9.78. The van der Waals surface area contributed by atoms with Crippen LogP contribution in [0.5, 0.6) is 0 Å². The zero-order chi connectivity index (χ0) is 13.6. The maximum atomic E-state index is 5.27. The molecule has 0 unspecified atom stereocenters. The first-order chi connectivity index (χ1) is 8.86. The summed E-state index contributed by atoms with van der Waals surface area (Å²) < 4.78 is 5.27. The topological polar surface area (TPSA) is 21.3 Å². The van der Waals surface area contributed by atoms with Crippen LogP contribution in [0.25, 0.3) is 0 Å². The second-order valence-corrected chi connectivity index (χ2v) is 4.34. The number of benzene rings is 1. The van der Waals surface area contributed by atoms with E-state index in [9.17, 15) is 0 Å². The summed E-state index contributed by atoms with van der Waals surface area (Å²) in [5, 5.41) is 3.43. The predicted molar refractivity (Wildman–Crippen MR) is 82.7 cm³/mol. The molecular weight excluding hydrogens is 242 g/mol. The Labute approximate surface area is 117 Å². The van der Waals surface area contributed by atoms with Gasteiger partial charge in [-0.3, -0.25) is 0 Å². The summed E-state index contributed by atoms with van der Waals surface area (Å²) in [5.74, 6) is 0. The lowest BCUT2D eigenvalue weighted by molar-refractivity contribution is 0.366. The summed E-state index contributed by atoms with van der Waals surface area (Å²) in [6, 6.07) is 8.59. The summed E-state index contributed by atoms with van der Waals surface area (Å²) in [5.41, 5.74) is 2.57. The van der Waals surface area contributed by atoms with Gasteiger partial charge in [0.2, 0.25) is 0 Å². The van der Waals surface area contributed by atoms with E-state index in [0.29, 0.717) is 6.61 Å². The number of rotatable bonds is 8. The highest BCUT2D eigenvalue weighted by Crippen LogP contribution is 2.08. The predicted octanol–water partition coefficient (Wildman–Crippen LogP) is 4.40. The van der Waals surface area contributed by atoms with E-state index in [4.69, 9.17) is 4.18 Å². The Morgan fingerprint density at radius 2 is 1.72 bits per heavy atom. The third kappa shape index (κ3) is 8.56. The molecule has 0 amide bonds. The molecule has 0 aliphatic heterocycles. The van der Waals surface area contributed by atoms with Crippen LogP contribution >= 0.6 is 12.0 Å². The molecule has 0 aromatic heterocycles.